The lowest BCUT2D eigenvalue weighted by Gasteiger charge is -2.09. The van der Waals surface area contributed by atoms with Crippen LogP contribution in [0.1, 0.15) is 28.6 Å². The summed E-state index contributed by atoms with van der Waals surface area (Å²) in [5.74, 6) is -0.120. The SMILES string of the molecule is CCc1ccc(S(=O)(=O)NCc2ccc(NC(=O)c3ccco3)cc2)cc1. The fourth-order valence-corrected chi connectivity index (χ4v) is 3.49. The molecule has 2 aromatic carbocycles. The van der Waals surface area contributed by atoms with Gasteiger partial charge in [-0.3, -0.25) is 4.79 Å². The Morgan fingerprint density at radius 2 is 1.63 bits per heavy atom. The van der Waals surface area contributed by atoms with Gasteiger partial charge in [0, 0.05) is 12.2 Å². The maximum atomic E-state index is 12.4. The summed E-state index contributed by atoms with van der Waals surface area (Å²) < 4.78 is 32.4. The number of rotatable bonds is 7. The molecule has 0 bridgehead atoms. The second kappa shape index (κ2) is 8.20. The van der Waals surface area contributed by atoms with Gasteiger partial charge in [0.2, 0.25) is 10.0 Å². The molecule has 6 nitrogen and oxygen atoms in total. The molecule has 0 saturated heterocycles. The van der Waals surface area contributed by atoms with Crippen LogP contribution in [-0.4, -0.2) is 14.3 Å². The van der Waals surface area contributed by atoms with Gasteiger partial charge in [-0.2, -0.15) is 0 Å². The molecular formula is C20H20N2O4S. The standard InChI is InChI=1S/C20H20N2O4S/c1-2-15-7-11-18(12-8-15)27(24,25)21-14-16-5-9-17(10-6-16)22-20(23)19-4-3-13-26-19/h3-13,21H,2,14H2,1H3,(H,22,23). The first kappa shape index (κ1) is 18.9. The fourth-order valence-electron chi connectivity index (χ4n) is 2.47. The highest BCUT2D eigenvalue weighted by Crippen LogP contribution is 2.14. The van der Waals surface area contributed by atoms with Crippen molar-refractivity contribution < 1.29 is 17.6 Å². The molecule has 1 aromatic heterocycles. The van der Waals surface area contributed by atoms with Crippen LogP contribution in [0.4, 0.5) is 5.69 Å². The molecule has 0 aliphatic carbocycles. The minimum absolute atomic E-state index is 0.157. The zero-order valence-electron chi connectivity index (χ0n) is 14.8. The summed E-state index contributed by atoms with van der Waals surface area (Å²) in [6.45, 7) is 2.17. The van der Waals surface area contributed by atoms with Crippen molar-refractivity contribution in [3.63, 3.8) is 0 Å². The van der Waals surface area contributed by atoms with E-state index < -0.39 is 10.0 Å². The van der Waals surface area contributed by atoms with E-state index in [4.69, 9.17) is 4.42 Å². The molecule has 0 aliphatic rings. The van der Waals surface area contributed by atoms with Gasteiger partial charge in [-0.1, -0.05) is 31.2 Å². The highest BCUT2D eigenvalue weighted by Gasteiger charge is 2.13. The average molecular weight is 384 g/mol. The number of sulfonamides is 1. The lowest BCUT2D eigenvalue weighted by Crippen LogP contribution is -2.23. The zero-order chi connectivity index (χ0) is 19.3. The van der Waals surface area contributed by atoms with E-state index >= 15 is 0 Å². The molecule has 27 heavy (non-hydrogen) atoms. The van der Waals surface area contributed by atoms with Crippen LogP contribution in [0.15, 0.2) is 76.2 Å². The number of furan rings is 1. The Hall–Kier alpha value is -2.90. The molecule has 3 rings (SSSR count). The van der Waals surface area contributed by atoms with Gasteiger partial charge >= 0.3 is 0 Å². The topological polar surface area (TPSA) is 88.4 Å². The van der Waals surface area contributed by atoms with Crippen LogP contribution in [0, 0.1) is 0 Å². The Bertz CT molecular complexity index is 993. The predicted molar refractivity (Wildman–Crippen MR) is 103 cm³/mol. The van der Waals surface area contributed by atoms with Gasteiger partial charge in [0.15, 0.2) is 5.76 Å². The molecule has 7 heteroatoms. The lowest BCUT2D eigenvalue weighted by molar-refractivity contribution is 0.0996. The van der Waals surface area contributed by atoms with Gasteiger partial charge in [0.25, 0.3) is 5.91 Å². The molecule has 0 fully saturated rings. The van der Waals surface area contributed by atoms with Crippen LogP contribution in [0.3, 0.4) is 0 Å². The van der Waals surface area contributed by atoms with Crippen molar-refractivity contribution in [3.05, 3.63) is 83.8 Å². The number of carbonyl (C=O) groups is 1. The molecule has 3 aromatic rings. The van der Waals surface area contributed by atoms with Crippen LogP contribution in [0.2, 0.25) is 0 Å². The van der Waals surface area contributed by atoms with Gasteiger partial charge in [-0.05, 0) is 53.9 Å². The largest absolute Gasteiger partial charge is 0.459 e. The summed E-state index contributed by atoms with van der Waals surface area (Å²) in [4.78, 5) is 12.2. The molecule has 1 heterocycles. The van der Waals surface area contributed by atoms with Crippen molar-refractivity contribution in [2.75, 3.05) is 5.32 Å². The quantitative estimate of drug-likeness (QED) is 0.652. The van der Waals surface area contributed by atoms with E-state index in [1.54, 1.807) is 48.5 Å². The van der Waals surface area contributed by atoms with Gasteiger partial charge in [-0.15, -0.1) is 0 Å². The van der Waals surface area contributed by atoms with Crippen molar-refractivity contribution >= 4 is 21.6 Å². The molecule has 140 valence electrons. The highest BCUT2D eigenvalue weighted by molar-refractivity contribution is 7.89. The maximum absolute atomic E-state index is 12.4. The molecule has 1 amide bonds. The van der Waals surface area contributed by atoms with E-state index in [2.05, 4.69) is 10.0 Å². The Kier molecular flexibility index (Phi) is 5.73. The minimum atomic E-state index is -3.57. The first-order chi connectivity index (χ1) is 13.0. The zero-order valence-corrected chi connectivity index (χ0v) is 15.6. The van der Waals surface area contributed by atoms with Crippen molar-refractivity contribution in [1.82, 2.24) is 4.72 Å². The summed E-state index contributed by atoms with van der Waals surface area (Å²) in [6.07, 6.45) is 2.29. The Balaban J connectivity index is 1.60. The summed E-state index contributed by atoms with van der Waals surface area (Å²) in [7, 11) is -3.57. The van der Waals surface area contributed by atoms with E-state index in [1.807, 2.05) is 19.1 Å². The summed E-state index contributed by atoms with van der Waals surface area (Å²) in [5.41, 5.74) is 2.46. The highest BCUT2D eigenvalue weighted by atomic mass is 32.2. The summed E-state index contributed by atoms with van der Waals surface area (Å²) in [6, 6.07) is 17.0. The predicted octanol–water partition coefficient (Wildman–Crippen LogP) is 3.57. The smallest absolute Gasteiger partial charge is 0.291 e. The van der Waals surface area contributed by atoms with E-state index in [0.717, 1.165) is 17.5 Å². The Morgan fingerprint density at radius 1 is 0.963 bits per heavy atom. The molecule has 0 unspecified atom stereocenters. The van der Waals surface area contributed by atoms with E-state index in [1.165, 1.54) is 6.26 Å². The van der Waals surface area contributed by atoms with Crippen LogP contribution in [-0.2, 0) is 23.0 Å². The number of benzene rings is 2. The number of hydrogen-bond acceptors (Lipinski definition) is 4. The van der Waals surface area contributed by atoms with Crippen LogP contribution in [0.25, 0.3) is 0 Å². The molecular weight excluding hydrogens is 364 g/mol. The monoisotopic (exact) mass is 384 g/mol. The summed E-state index contributed by atoms with van der Waals surface area (Å²) >= 11 is 0. The molecule has 2 N–H and O–H groups in total. The average Bonchev–Trinajstić information content (AvgIpc) is 3.22. The van der Waals surface area contributed by atoms with Crippen molar-refractivity contribution in [2.45, 2.75) is 24.8 Å². The van der Waals surface area contributed by atoms with E-state index in [0.29, 0.717) is 5.69 Å². The molecule has 0 saturated carbocycles. The van der Waals surface area contributed by atoms with Gasteiger partial charge in [-0.25, -0.2) is 13.1 Å². The number of aryl methyl sites for hydroxylation is 1. The number of amides is 1. The van der Waals surface area contributed by atoms with Gasteiger partial charge in [0.1, 0.15) is 0 Å². The second-order valence-corrected chi connectivity index (χ2v) is 7.72. The van der Waals surface area contributed by atoms with Crippen molar-refractivity contribution in [1.29, 1.82) is 0 Å². The number of hydrogen-bond donors (Lipinski definition) is 2. The van der Waals surface area contributed by atoms with Crippen LogP contribution < -0.4 is 10.0 Å². The van der Waals surface area contributed by atoms with E-state index in [9.17, 15) is 13.2 Å². The van der Waals surface area contributed by atoms with Crippen molar-refractivity contribution in [3.8, 4) is 0 Å². The maximum Gasteiger partial charge on any atom is 0.291 e. The van der Waals surface area contributed by atoms with Gasteiger partial charge in [0.05, 0.1) is 11.2 Å². The Labute approximate surface area is 158 Å². The molecule has 0 aliphatic heterocycles. The molecule has 0 radical (unpaired) electrons. The second-order valence-electron chi connectivity index (χ2n) is 5.95. The Morgan fingerprint density at radius 3 is 2.22 bits per heavy atom. The third kappa shape index (κ3) is 4.84. The molecule has 0 spiro atoms. The fraction of sp³-hybridized carbons (Fsp3) is 0.150. The van der Waals surface area contributed by atoms with Crippen LogP contribution >= 0.6 is 0 Å². The number of anilines is 1. The first-order valence-corrected chi connectivity index (χ1v) is 9.98. The normalized spacial score (nSPS) is 11.3. The first-order valence-electron chi connectivity index (χ1n) is 8.50. The summed E-state index contributed by atoms with van der Waals surface area (Å²) in [5, 5.41) is 2.71. The van der Waals surface area contributed by atoms with Gasteiger partial charge < -0.3 is 9.73 Å². The third-order valence-corrected chi connectivity index (χ3v) is 5.48. The van der Waals surface area contributed by atoms with E-state index in [-0.39, 0.29) is 23.1 Å². The number of nitrogens with one attached hydrogen (secondary N) is 2. The third-order valence-electron chi connectivity index (χ3n) is 4.06. The molecule has 0 atom stereocenters. The van der Waals surface area contributed by atoms with Crippen molar-refractivity contribution in [2.24, 2.45) is 0 Å². The van der Waals surface area contributed by atoms with Crippen LogP contribution in [0.5, 0.6) is 0 Å². The minimum Gasteiger partial charge on any atom is -0.459 e. The number of carbonyl (C=O) groups excluding carboxylic acids is 1. The lowest BCUT2D eigenvalue weighted by atomic mass is 10.2.